The number of carbonyl (C=O) groups is 2. The fourth-order valence-electron chi connectivity index (χ4n) is 3.46. The summed E-state index contributed by atoms with van der Waals surface area (Å²) >= 11 is 0. The Hall–Kier alpha value is -4.98. The van der Waals surface area contributed by atoms with Crippen LogP contribution in [0.2, 0.25) is 0 Å². The van der Waals surface area contributed by atoms with Gasteiger partial charge in [0.15, 0.2) is 11.5 Å². The summed E-state index contributed by atoms with van der Waals surface area (Å²) in [7, 11) is 0. The molecule has 5 rings (SSSR count). The minimum absolute atomic E-state index is 0.205. The summed E-state index contributed by atoms with van der Waals surface area (Å²) in [6, 6.07) is 23.9. The number of rotatable bonds is 6. The van der Waals surface area contributed by atoms with E-state index < -0.39 is 11.9 Å². The van der Waals surface area contributed by atoms with Gasteiger partial charge in [0.25, 0.3) is 0 Å². The van der Waals surface area contributed by atoms with Gasteiger partial charge in [0.2, 0.25) is 0 Å². The van der Waals surface area contributed by atoms with Crippen molar-refractivity contribution in [3.8, 4) is 45.2 Å². The third-order valence-corrected chi connectivity index (χ3v) is 5.33. The molecule has 0 aliphatic heterocycles. The van der Waals surface area contributed by atoms with Crippen LogP contribution in [0.25, 0.3) is 45.2 Å². The van der Waals surface area contributed by atoms with Crippen LogP contribution < -0.4 is 0 Å². The van der Waals surface area contributed by atoms with E-state index in [0.717, 1.165) is 22.3 Å². The molecular weight excluding hydrogens is 436 g/mol. The second-order valence-electron chi connectivity index (χ2n) is 7.50. The molecule has 0 spiro atoms. The Morgan fingerprint density at radius 3 is 1.18 bits per heavy atom. The van der Waals surface area contributed by atoms with E-state index in [1.54, 1.807) is 36.4 Å². The number of benzene rings is 3. The lowest BCUT2D eigenvalue weighted by Gasteiger charge is -1.98. The monoisotopic (exact) mass is 452 g/mol. The van der Waals surface area contributed by atoms with Crippen molar-refractivity contribution < 1.29 is 28.8 Å². The minimum Gasteiger partial charge on any atom is -0.478 e. The molecule has 0 fully saturated rings. The van der Waals surface area contributed by atoms with Crippen molar-refractivity contribution in [2.75, 3.05) is 0 Å². The van der Waals surface area contributed by atoms with E-state index in [1.165, 1.54) is 24.3 Å². The quantitative estimate of drug-likeness (QED) is 0.335. The van der Waals surface area contributed by atoms with Gasteiger partial charge in [-0.2, -0.15) is 0 Å². The standard InChI is InChI=1S/C26H16N2O6/c29-25(30)19-9-1-15(2-10-19)21-13-23(33-27-21)17-5-7-18(8-6-17)24-14-22(28-34-24)16-3-11-20(12-4-16)26(31)32/h1-14H,(H,29,30)(H,31,32). The van der Waals surface area contributed by atoms with Crippen molar-refractivity contribution in [3.05, 3.63) is 96.1 Å². The lowest BCUT2D eigenvalue weighted by Crippen LogP contribution is -1.94. The average molecular weight is 452 g/mol. The van der Waals surface area contributed by atoms with Crippen LogP contribution in [0.4, 0.5) is 0 Å². The predicted molar refractivity (Wildman–Crippen MR) is 122 cm³/mol. The lowest BCUT2D eigenvalue weighted by molar-refractivity contribution is 0.0686. The van der Waals surface area contributed by atoms with Gasteiger partial charge in [-0.1, -0.05) is 58.8 Å². The third-order valence-electron chi connectivity index (χ3n) is 5.33. The third kappa shape index (κ3) is 4.07. The number of hydrogen-bond acceptors (Lipinski definition) is 6. The Morgan fingerprint density at radius 1 is 0.529 bits per heavy atom. The van der Waals surface area contributed by atoms with Gasteiger partial charge in [0.1, 0.15) is 11.4 Å². The van der Waals surface area contributed by atoms with E-state index in [0.29, 0.717) is 22.9 Å². The predicted octanol–water partition coefficient (Wildman–Crippen LogP) is 5.73. The molecule has 2 N–H and O–H groups in total. The molecule has 0 unspecified atom stereocenters. The summed E-state index contributed by atoms with van der Waals surface area (Å²) in [6.45, 7) is 0. The van der Waals surface area contributed by atoms with Crippen molar-refractivity contribution in [2.45, 2.75) is 0 Å². The molecule has 2 heterocycles. The SMILES string of the molecule is O=C(O)c1ccc(-c2cc(-c3ccc(-c4cc(-c5ccc(C(=O)O)cc5)no4)cc3)on2)cc1. The first-order chi connectivity index (χ1) is 16.5. The van der Waals surface area contributed by atoms with E-state index >= 15 is 0 Å². The Bertz CT molecular complexity index is 1370. The maximum absolute atomic E-state index is 11.0. The number of carboxylic acids is 2. The highest BCUT2D eigenvalue weighted by atomic mass is 16.5. The summed E-state index contributed by atoms with van der Waals surface area (Å²) in [5.41, 5.74) is 4.74. The van der Waals surface area contributed by atoms with Crippen LogP contribution in [-0.2, 0) is 0 Å². The van der Waals surface area contributed by atoms with Crippen LogP contribution in [-0.4, -0.2) is 32.5 Å². The van der Waals surface area contributed by atoms with Gasteiger partial charge in [-0.25, -0.2) is 9.59 Å². The molecule has 3 aromatic carbocycles. The molecule has 0 amide bonds. The van der Waals surface area contributed by atoms with E-state index in [4.69, 9.17) is 19.3 Å². The molecule has 5 aromatic rings. The van der Waals surface area contributed by atoms with Crippen LogP contribution in [0.3, 0.4) is 0 Å². The molecule has 2 aromatic heterocycles. The molecule has 8 heteroatoms. The number of aromatic carboxylic acids is 2. The zero-order valence-corrected chi connectivity index (χ0v) is 17.5. The number of hydrogen-bond donors (Lipinski definition) is 2. The smallest absolute Gasteiger partial charge is 0.335 e. The highest BCUT2D eigenvalue weighted by Crippen LogP contribution is 2.30. The molecule has 166 valence electrons. The number of nitrogens with zero attached hydrogens (tertiary/aromatic N) is 2. The first-order valence-electron chi connectivity index (χ1n) is 10.2. The molecular formula is C26H16N2O6. The van der Waals surface area contributed by atoms with E-state index in [-0.39, 0.29) is 11.1 Å². The van der Waals surface area contributed by atoms with Crippen molar-refractivity contribution in [1.82, 2.24) is 10.3 Å². The van der Waals surface area contributed by atoms with Crippen LogP contribution in [0.5, 0.6) is 0 Å². The number of aromatic nitrogens is 2. The molecule has 0 saturated carbocycles. The van der Waals surface area contributed by atoms with Gasteiger partial charge in [0, 0.05) is 34.4 Å². The second-order valence-corrected chi connectivity index (χ2v) is 7.50. The van der Waals surface area contributed by atoms with Gasteiger partial charge < -0.3 is 19.3 Å². The molecule has 8 nitrogen and oxygen atoms in total. The van der Waals surface area contributed by atoms with Crippen molar-refractivity contribution in [2.24, 2.45) is 0 Å². The summed E-state index contributed by atoms with van der Waals surface area (Å²) in [4.78, 5) is 22.0. The van der Waals surface area contributed by atoms with Crippen molar-refractivity contribution in [1.29, 1.82) is 0 Å². The van der Waals surface area contributed by atoms with Crippen LogP contribution in [0.15, 0.2) is 94.0 Å². The Labute approximate surface area is 192 Å². The fraction of sp³-hybridized carbons (Fsp3) is 0. The summed E-state index contributed by atoms with van der Waals surface area (Å²) < 4.78 is 10.9. The van der Waals surface area contributed by atoms with Crippen LogP contribution in [0.1, 0.15) is 20.7 Å². The van der Waals surface area contributed by atoms with E-state index in [2.05, 4.69) is 10.3 Å². The van der Waals surface area contributed by atoms with Crippen LogP contribution in [0, 0.1) is 0 Å². The molecule has 34 heavy (non-hydrogen) atoms. The first kappa shape index (κ1) is 20.9. The fourth-order valence-corrected chi connectivity index (χ4v) is 3.46. The largest absolute Gasteiger partial charge is 0.478 e. The topological polar surface area (TPSA) is 127 Å². The summed E-state index contributed by atoms with van der Waals surface area (Å²) in [6.07, 6.45) is 0. The van der Waals surface area contributed by atoms with Gasteiger partial charge >= 0.3 is 11.9 Å². The molecule has 0 atom stereocenters. The van der Waals surface area contributed by atoms with Gasteiger partial charge in [0.05, 0.1) is 11.1 Å². The average Bonchev–Trinajstić information content (AvgIpc) is 3.55. The van der Waals surface area contributed by atoms with Crippen LogP contribution >= 0.6 is 0 Å². The Balaban J connectivity index is 1.33. The van der Waals surface area contributed by atoms with E-state index in [1.807, 2.05) is 24.3 Å². The lowest BCUT2D eigenvalue weighted by atomic mass is 10.0. The van der Waals surface area contributed by atoms with Gasteiger partial charge in [-0.3, -0.25) is 0 Å². The van der Waals surface area contributed by atoms with E-state index in [9.17, 15) is 9.59 Å². The molecule has 0 bridgehead atoms. The Morgan fingerprint density at radius 2 is 0.853 bits per heavy atom. The highest BCUT2D eigenvalue weighted by Gasteiger charge is 2.13. The van der Waals surface area contributed by atoms with Gasteiger partial charge in [-0.05, 0) is 24.3 Å². The zero-order valence-electron chi connectivity index (χ0n) is 17.5. The summed E-state index contributed by atoms with van der Waals surface area (Å²) in [5.74, 6) is -0.828. The van der Waals surface area contributed by atoms with Crippen molar-refractivity contribution >= 4 is 11.9 Å². The second kappa shape index (κ2) is 8.51. The maximum Gasteiger partial charge on any atom is 0.335 e. The highest BCUT2D eigenvalue weighted by molar-refractivity contribution is 5.89. The number of carboxylic acid groups (broad SMARTS) is 2. The molecule has 0 saturated heterocycles. The molecule has 0 radical (unpaired) electrons. The summed E-state index contributed by atoms with van der Waals surface area (Å²) in [5, 5.41) is 26.2. The van der Waals surface area contributed by atoms with Crippen molar-refractivity contribution in [3.63, 3.8) is 0 Å². The van der Waals surface area contributed by atoms with Gasteiger partial charge in [-0.15, -0.1) is 0 Å². The first-order valence-corrected chi connectivity index (χ1v) is 10.2. The molecule has 0 aliphatic carbocycles. The zero-order chi connectivity index (χ0) is 23.7. The Kier molecular flexibility index (Phi) is 5.23. The minimum atomic E-state index is -0.984. The normalized spacial score (nSPS) is 10.8. The molecule has 0 aliphatic rings. The maximum atomic E-state index is 11.0.